The van der Waals surface area contributed by atoms with E-state index in [1.54, 1.807) is 41.3 Å². The van der Waals surface area contributed by atoms with Crippen LogP contribution in [0.1, 0.15) is 35.2 Å². The van der Waals surface area contributed by atoms with Gasteiger partial charge >= 0.3 is 5.97 Å². The Labute approximate surface area is 212 Å². The molecular weight excluding hydrogens is 476 g/mol. The number of amides is 3. The van der Waals surface area contributed by atoms with E-state index in [2.05, 4.69) is 0 Å². The van der Waals surface area contributed by atoms with Crippen LogP contribution in [-0.2, 0) is 9.59 Å². The van der Waals surface area contributed by atoms with Crippen molar-refractivity contribution in [2.45, 2.75) is 19.3 Å². The van der Waals surface area contributed by atoms with Crippen molar-refractivity contribution in [3.05, 3.63) is 82.8 Å². The molecule has 0 bridgehead atoms. The van der Waals surface area contributed by atoms with E-state index < -0.39 is 17.1 Å². The minimum Gasteiger partial charge on any atom is -0.422 e. The van der Waals surface area contributed by atoms with Gasteiger partial charge in [-0.1, -0.05) is 54.6 Å². The lowest BCUT2D eigenvalue weighted by Crippen LogP contribution is -2.44. The standard InChI is InChI=1S/C28H24N2O5S/c31-25(29-15-6-1-7-16-29)18-30-26(32)24(36-28(30)34)17-20-10-3-5-14-23(20)35-27(33)22-13-8-11-19-9-2-4-12-21(19)22/h2-5,8-14,17H,1,6-7,15-16,18H2/b24-17-. The number of likely N-dealkylation sites (tertiary alicyclic amines) is 1. The fourth-order valence-corrected chi connectivity index (χ4v) is 5.24. The van der Waals surface area contributed by atoms with Gasteiger partial charge in [0.1, 0.15) is 12.3 Å². The maximum Gasteiger partial charge on any atom is 0.344 e. The molecule has 2 fully saturated rings. The van der Waals surface area contributed by atoms with E-state index in [1.165, 1.54) is 6.08 Å². The van der Waals surface area contributed by atoms with Crippen LogP contribution in [0.4, 0.5) is 4.79 Å². The Kier molecular flexibility index (Phi) is 6.86. The molecule has 8 heteroatoms. The molecule has 3 aromatic carbocycles. The first-order valence-corrected chi connectivity index (χ1v) is 12.6. The van der Waals surface area contributed by atoms with Gasteiger partial charge in [-0.05, 0) is 60.0 Å². The van der Waals surface area contributed by atoms with Crippen molar-refractivity contribution in [2.24, 2.45) is 0 Å². The molecule has 36 heavy (non-hydrogen) atoms. The molecule has 0 unspecified atom stereocenters. The maximum absolute atomic E-state index is 13.0. The lowest BCUT2D eigenvalue weighted by Gasteiger charge is -2.27. The normalized spacial score (nSPS) is 17.2. The second-order valence-corrected chi connectivity index (χ2v) is 9.66. The number of benzene rings is 3. The number of para-hydroxylation sites is 1. The number of imide groups is 1. The van der Waals surface area contributed by atoms with Crippen molar-refractivity contribution in [1.29, 1.82) is 0 Å². The zero-order valence-corrected chi connectivity index (χ0v) is 20.3. The van der Waals surface area contributed by atoms with Crippen LogP contribution in [0, 0.1) is 0 Å². The average Bonchev–Trinajstić information content (AvgIpc) is 3.17. The minimum atomic E-state index is -0.523. The van der Waals surface area contributed by atoms with Crippen molar-refractivity contribution >= 4 is 51.6 Å². The lowest BCUT2D eigenvalue weighted by molar-refractivity contribution is -0.136. The molecule has 5 rings (SSSR count). The fraction of sp³-hybridized carbons (Fsp3) is 0.214. The maximum atomic E-state index is 13.0. The predicted molar refractivity (Wildman–Crippen MR) is 138 cm³/mol. The molecule has 2 saturated heterocycles. The molecule has 3 aromatic rings. The molecule has 0 radical (unpaired) electrons. The van der Waals surface area contributed by atoms with E-state index in [0.29, 0.717) is 24.2 Å². The number of piperidine rings is 1. The number of fused-ring (bicyclic) bond motifs is 1. The molecule has 0 N–H and O–H groups in total. The summed E-state index contributed by atoms with van der Waals surface area (Å²) in [6.45, 7) is 1.04. The number of nitrogens with zero attached hydrogens (tertiary/aromatic N) is 2. The highest BCUT2D eigenvalue weighted by atomic mass is 32.2. The van der Waals surface area contributed by atoms with Crippen molar-refractivity contribution in [3.63, 3.8) is 0 Å². The number of hydrogen-bond acceptors (Lipinski definition) is 6. The number of hydrogen-bond donors (Lipinski definition) is 0. The summed E-state index contributed by atoms with van der Waals surface area (Å²) in [5.41, 5.74) is 0.915. The highest BCUT2D eigenvalue weighted by molar-refractivity contribution is 8.18. The summed E-state index contributed by atoms with van der Waals surface area (Å²) in [6.07, 6.45) is 4.48. The SMILES string of the molecule is O=C(Oc1ccccc1/C=C1\SC(=O)N(CC(=O)N2CCCCC2)C1=O)c1cccc2ccccc12. The van der Waals surface area contributed by atoms with Gasteiger partial charge in [-0.15, -0.1) is 0 Å². The number of ether oxygens (including phenoxy) is 1. The Morgan fingerprint density at radius 3 is 2.44 bits per heavy atom. The monoisotopic (exact) mass is 500 g/mol. The number of esters is 1. The highest BCUT2D eigenvalue weighted by Gasteiger charge is 2.37. The van der Waals surface area contributed by atoms with Gasteiger partial charge in [-0.2, -0.15) is 0 Å². The molecule has 2 heterocycles. The number of thioether (sulfide) groups is 1. The Bertz CT molecular complexity index is 1390. The second-order valence-electron chi connectivity index (χ2n) is 8.66. The van der Waals surface area contributed by atoms with Crippen LogP contribution in [0.5, 0.6) is 5.75 Å². The molecule has 0 aliphatic carbocycles. The van der Waals surface area contributed by atoms with Gasteiger partial charge in [-0.3, -0.25) is 19.3 Å². The van der Waals surface area contributed by atoms with Crippen molar-refractivity contribution in [2.75, 3.05) is 19.6 Å². The summed E-state index contributed by atoms with van der Waals surface area (Å²) in [5, 5.41) is 1.22. The Morgan fingerprint density at radius 2 is 1.61 bits per heavy atom. The molecule has 182 valence electrons. The highest BCUT2D eigenvalue weighted by Crippen LogP contribution is 2.34. The molecular formula is C28H24N2O5S. The molecule has 7 nitrogen and oxygen atoms in total. The third kappa shape index (κ3) is 4.90. The zero-order valence-electron chi connectivity index (χ0n) is 19.5. The first-order valence-electron chi connectivity index (χ1n) is 11.8. The summed E-state index contributed by atoms with van der Waals surface area (Å²) in [4.78, 5) is 54.0. The predicted octanol–water partition coefficient (Wildman–Crippen LogP) is 5.11. The first kappa shape index (κ1) is 23.8. The topological polar surface area (TPSA) is 84.0 Å². The smallest absolute Gasteiger partial charge is 0.344 e. The van der Waals surface area contributed by atoms with Crippen LogP contribution in [0.25, 0.3) is 16.8 Å². The third-order valence-electron chi connectivity index (χ3n) is 6.29. The van der Waals surface area contributed by atoms with Gasteiger partial charge in [0.05, 0.1) is 10.5 Å². The van der Waals surface area contributed by atoms with Crippen LogP contribution in [-0.4, -0.2) is 52.5 Å². The van der Waals surface area contributed by atoms with Gasteiger partial charge in [0.2, 0.25) is 5.91 Å². The average molecular weight is 501 g/mol. The largest absolute Gasteiger partial charge is 0.422 e. The summed E-state index contributed by atoms with van der Waals surface area (Å²) in [6, 6.07) is 19.8. The molecule has 0 aromatic heterocycles. The quantitative estimate of drug-likeness (QED) is 0.275. The molecule has 0 saturated carbocycles. The molecule has 2 aliphatic rings. The minimum absolute atomic E-state index is 0.181. The van der Waals surface area contributed by atoms with E-state index in [-0.39, 0.29) is 23.1 Å². The first-order chi connectivity index (χ1) is 17.5. The van der Waals surface area contributed by atoms with Crippen molar-refractivity contribution in [1.82, 2.24) is 9.80 Å². The molecule has 2 aliphatic heterocycles. The summed E-state index contributed by atoms with van der Waals surface area (Å²) in [5.74, 6) is -0.993. The van der Waals surface area contributed by atoms with Crippen LogP contribution < -0.4 is 4.74 Å². The van der Waals surface area contributed by atoms with E-state index in [1.807, 2.05) is 30.3 Å². The molecule has 0 spiro atoms. The second kappa shape index (κ2) is 10.4. The Hall–Kier alpha value is -3.91. The van der Waals surface area contributed by atoms with E-state index in [4.69, 9.17) is 4.74 Å². The number of rotatable bonds is 5. The molecule has 0 atom stereocenters. The van der Waals surface area contributed by atoms with Gasteiger partial charge in [0.25, 0.3) is 11.1 Å². The van der Waals surface area contributed by atoms with Crippen LogP contribution in [0.15, 0.2) is 71.6 Å². The number of carbonyl (C=O) groups excluding carboxylic acids is 4. The van der Waals surface area contributed by atoms with Crippen LogP contribution in [0.3, 0.4) is 0 Å². The third-order valence-corrected chi connectivity index (χ3v) is 7.20. The molecule has 3 amide bonds. The van der Waals surface area contributed by atoms with Gasteiger partial charge in [-0.25, -0.2) is 4.79 Å². The summed E-state index contributed by atoms with van der Waals surface area (Å²) < 4.78 is 5.72. The fourth-order valence-electron chi connectivity index (χ4n) is 4.41. The Morgan fingerprint density at radius 1 is 0.889 bits per heavy atom. The van der Waals surface area contributed by atoms with Gasteiger partial charge in [0, 0.05) is 18.7 Å². The van der Waals surface area contributed by atoms with E-state index in [9.17, 15) is 19.2 Å². The van der Waals surface area contributed by atoms with Gasteiger partial charge in [0.15, 0.2) is 0 Å². The van der Waals surface area contributed by atoms with E-state index in [0.717, 1.165) is 46.7 Å². The van der Waals surface area contributed by atoms with Gasteiger partial charge < -0.3 is 9.64 Å². The Balaban J connectivity index is 1.35. The van der Waals surface area contributed by atoms with E-state index >= 15 is 0 Å². The lowest BCUT2D eigenvalue weighted by atomic mass is 10.0. The summed E-state index contributed by atoms with van der Waals surface area (Å²) >= 11 is 0.778. The van der Waals surface area contributed by atoms with Crippen LogP contribution in [0.2, 0.25) is 0 Å². The zero-order chi connectivity index (χ0) is 25.1. The number of carbonyl (C=O) groups is 4. The van der Waals surface area contributed by atoms with Crippen LogP contribution >= 0.6 is 11.8 Å². The summed E-state index contributed by atoms with van der Waals surface area (Å²) in [7, 11) is 0. The van der Waals surface area contributed by atoms with Crippen molar-refractivity contribution in [3.8, 4) is 5.75 Å². The van der Waals surface area contributed by atoms with Crippen molar-refractivity contribution < 1.29 is 23.9 Å².